The monoisotopic (exact) mass is 289 g/mol. The van der Waals surface area contributed by atoms with Gasteiger partial charge in [-0.05, 0) is 31.9 Å². The zero-order chi connectivity index (χ0) is 15.4. The summed E-state index contributed by atoms with van der Waals surface area (Å²) in [6.45, 7) is 9.00. The molecule has 0 radical (unpaired) electrons. The van der Waals surface area contributed by atoms with Gasteiger partial charge in [0.1, 0.15) is 0 Å². The highest BCUT2D eigenvalue weighted by atomic mass is 16.2. The van der Waals surface area contributed by atoms with E-state index in [0.717, 1.165) is 18.8 Å². The predicted octanol–water partition coefficient (Wildman–Crippen LogP) is 2.56. The van der Waals surface area contributed by atoms with E-state index in [4.69, 9.17) is 0 Å². The van der Waals surface area contributed by atoms with Gasteiger partial charge in [-0.25, -0.2) is 0 Å². The molecule has 1 heterocycles. The van der Waals surface area contributed by atoms with Gasteiger partial charge in [-0.3, -0.25) is 9.69 Å². The molecule has 1 amide bonds. The van der Waals surface area contributed by atoms with Gasteiger partial charge < -0.3 is 10.2 Å². The minimum atomic E-state index is 0.0941. The average Bonchev–Trinajstić information content (AvgIpc) is 2.89. The summed E-state index contributed by atoms with van der Waals surface area (Å²) in [6, 6.07) is 9.39. The number of hydrogen-bond acceptors (Lipinski definition) is 3. The van der Waals surface area contributed by atoms with Crippen molar-refractivity contribution in [3.63, 3.8) is 0 Å². The maximum Gasteiger partial charge on any atom is 0.219 e. The molecule has 1 aliphatic rings. The van der Waals surface area contributed by atoms with Crippen LogP contribution >= 0.6 is 0 Å². The number of anilines is 1. The van der Waals surface area contributed by atoms with Crippen LogP contribution in [0.15, 0.2) is 24.3 Å². The standard InChI is InChI=1S/C17H27N3O/c1-13(2)20-10-9-16(12-20)18-17-8-6-5-7-15(17)11-19(4)14(3)21/h5-8,13,16,18H,9-12H2,1-4H3. The highest BCUT2D eigenvalue weighted by Gasteiger charge is 2.24. The normalized spacial score (nSPS) is 19.0. The van der Waals surface area contributed by atoms with Gasteiger partial charge in [-0.1, -0.05) is 18.2 Å². The number of para-hydroxylation sites is 1. The number of hydrogen-bond donors (Lipinski definition) is 1. The molecule has 1 atom stereocenters. The van der Waals surface area contributed by atoms with Crippen molar-refractivity contribution in [2.24, 2.45) is 0 Å². The number of rotatable bonds is 5. The Labute approximate surface area is 128 Å². The van der Waals surface area contributed by atoms with E-state index in [1.54, 1.807) is 11.8 Å². The number of nitrogens with zero attached hydrogens (tertiary/aromatic N) is 2. The molecule has 1 aliphatic heterocycles. The van der Waals surface area contributed by atoms with Crippen molar-refractivity contribution in [2.45, 2.75) is 45.8 Å². The number of carbonyl (C=O) groups excluding carboxylic acids is 1. The molecule has 1 N–H and O–H groups in total. The zero-order valence-electron chi connectivity index (χ0n) is 13.6. The van der Waals surface area contributed by atoms with Crippen LogP contribution in [-0.2, 0) is 11.3 Å². The maximum atomic E-state index is 11.4. The van der Waals surface area contributed by atoms with Crippen LogP contribution in [0.25, 0.3) is 0 Å². The van der Waals surface area contributed by atoms with E-state index < -0.39 is 0 Å². The Morgan fingerprint density at radius 1 is 1.43 bits per heavy atom. The van der Waals surface area contributed by atoms with E-state index in [-0.39, 0.29) is 5.91 Å². The van der Waals surface area contributed by atoms with Crippen LogP contribution in [0.4, 0.5) is 5.69 Å². The minimum Gasteiger partial charge on any atom is -0.381 e. The third kappa shape index (κ3) is 4.21. The lowest BCUT2D eigenvalue weighted by molar-refractivity contribution is -0.128. The molecule has 1 saturated heterocycles. The van der Waals surface area contributed by atoms with Gasteiger partial charge >= 0.3 is 0 Å². The topological polar surface area (TPSA) is 35.6 Å². The molecular formula is C17H27N3O. The summed E-state index contributed by atoms with van der Waals surface area (Å²) in [7, 11) is 1.84. The molecule has 1 fully saturated rings. The Morgan fingerprint density at radius 2 is 2.14 bits per heavy atom. The Balaban J connectivity index is 2.02. The lowest BCUT2D eigenvalue weighted by Crippen LogP contribution is -2.31. The molecule has 116 valence electrons. The Morgan fingerprint density at radius 3 is 2.76 bits per heavy atom. The second-order valence-electron chi connectivity index (χ2n) is 6.25. The quantitative estimate of drug-likeness (QED) is 0.905. The SMILES string of the molecule is CC(=O)N(C)Cc1ccccc1NC1CCN(C(C)C)C1. The fourth-order valence-corrected chi connectivity index (χ4v) is 2.76. The molecular weight excluding hydrogens is 262 g/mol. The van der Waals surface area contributed by atoms with Crippen molar-refractivity contribution in [1.82, 2.24) is 9.80 Å². The molecule has 0 aromatic heterocycles. The van der Waals surface area contributed by atoms with E-state index in [2.05, 4.69) is 42.3 Å². The summed E-state index contributed by atoms with van der Waals surface area (Å²) in [5.74, 6) is 0.0941. The highest BCUT2D eigenvalue weighted by Crippen LogP contribution is 2.22. The first-order valence-corrected chi connectivity index (χ1v) is 7.77. The first-order valence-electron chi connectivity index (χ1n) is 7.77. The zero-order valence-corrected chi connectivity index (χ0v) is 13.6. The fraction of sp³-hybridized carbons (Fsp3) is 0.588. The van der Waals surface area contributed by atoms with Crippen LogP contribution in [0.3, 0.4) is 0 Å². The van der Waals surface area contributed by atoms with Crippen LogP contribution in [0.5, 0.6) is 0 Å². The van der Waals surface area contributed by atoms with Gasteiger partial charge in [0, 0.05) is 51.4 Å². The fourth-order valence-electron chi connectivity index (χ4n) is 2.76. The minimum absolute atomic E-state index is 0.0941. The summed E-state index contributed by atoms with van der Waals surface area (Å²) in [4.78, 5) is 15.7. The molecule has 0 spiro atoms. The first-order chi connectivity index (χ1) is 9.97. The summed E-state index contributed by atoms with van der Waals surface area (Å²) in [5, 5.41) is 3.66. The number of likely N-dealkylation sites (tertiary alicyclic amines) is 1. The summed E-state index contributed by atoms with van der Waals surface area (Å²) < 4.78 is 0. The number of amides is 1. The van der Waals surface area contributed by atoms with Crippen LogP contribution < -0.4 is 5.32 Å². The number of benzene rings is 1. The van der Waals surface area contributed by atoms with E-state index in [9.17, 15) is 4.79 Å². The second kappa shape index (κ2) is 6.94. The lowest BCUT2D eigenvalue weighted by Gasteiger charge is -2.23. The van der Waals surface area contributed by atoms with E-state index in [1.165, 1.54) is 12.0 Å². The van der Waals surface area contributed by atoms with Gasteiger partial charge in [0.15, 0.2) is 0 Å². The Hall–Kier alpha value is -1.55. The smallest absolute Gasteiger partial charge is 0.219 e. The number of carbonyl (C=O) groups is 1. The summed E-state index contributed by atoms with van der Waals surface area (Å²) in [5.41, 5.74) is 2.33. The molecule has 1 aromatic carbocycles. The molecule has 21 heavy (non-hydrogen) atoms. The van der Waals surface area contributed by atoms with Gasteiger partial charge in [-0.2, -0.15) is 0 Å². The molecule has 0 saturated carbocycles. The molecule has 4 nitrogen and oxygen atoms in total. The average molecular weight is 289 g/mol. The van der Waals surface area contributed by atoms with Gasteiger partial charge in [0.2, 0.25) is 5.91 Å². The molecule has 2 rings (SSSR count). The Bertz CT molecular complexity index is 487. The molecule has 0 bridgehead atoms. The van der Waals surface area contributed by atoms with Gasteiger partial charge in [0.05, 0.1) is 0 Å². The second-order valence-corrected chi connectivity index (χ2v) is 6.25. The third-order valence-corrected chi connectivity index (χ3v) is 4.27. The van der Waals surface area contributed by atoms with Crippen molar-refractivity contribution in [3.8, 4) is 0 Å². The van der Waals surface area contributed by atoms with Crippen molar-refractivity contribution in [2.75, 3.05) is 25.5 Å². The largest absolute Gasteiger partial charge is 0.381 e. The molecule has 0 aliphatic carbocycles. The van der Waals surface area contributed by atoms with E-state index in [0.29, 0.717) is 18.6 Å². The molecule has 1 unspecified atom stereocenters. The summed E-state index contributed by atoms with van der Waals surface area (Å²) in [6.07, 6.45) is 1.18. The van der Waals surface area contributed by atoms with Crippen molar-refractivity contribution < 1.29 is 4.79 Å². The van der Waals surface area contributed by atoms with Crippen LogP contribution in [0.1, 0.15) is 32.8 Å². The van der Waals surface area contributed by atoms with Crippen molar-refractivity contribution >= 4 is 11.6 Å². The van der Waals surface area contributed by atoms with E-state index >= 15 is 0 Å². The number of nitrogens with one attached hydrogen (secondary N) is 1. The molecule has 4 heteroatoms. The van der Waals surface area contributed by atoms with Crippen molar-refractivity contribution in [1.29, 1.82) is 0 Å². The Kier molecular flexibility index (Phi) is 5.23. The first kappa shape index (κ1) is 15.8. The lowest BCUT2D eigenvalue weighted by atomic mass is 10.1. The summed E-state index contributed by atoms with van der Waals surface area (Å²) >= 11 is 0. The van der Waals surface area contributed by atoms with E-state index in [1.807, 2.05) is 13.1 Å². The van der Waals surface area contributed by atoms with Gasteiger partial charge in [0.25, 0.3) is 0 Å². The van der Waals surface area contributed by atoms with Crippen molar-refractivity contribution in [3.05, 3.63) is 29.8 Å². The van der Waals surface area contributed by atoms with Crippen LogP contribution in [0, 0.1) is 0 Å². The van der Waals surface area contributed by atoms with Gasteiger partial charge in [-0.15, -0.1) is 0 Å². The predicted molar refractivity (Wildman–Crippen MR) is 87.3 cm³/mol. The van der Waals surface area contributed by atoms with Crippen LogP contribution in [0.2, 0.25) is 0 Å². The third-order valence-electron chi connectivity index (χ3n) is 4.27. The van der Waals surface area contributed by atoms with Crippen LogP contribution in [-0.4, -0.2) is 47.9 Å². The highest BCUT2D eigenvalue weighted by molar-refractivity contribution is 5.73. The molecule has 1 aromatic rings. The maximum absolute atomic E-state index is 11.4.